The molecular formula is C29H38F3N7O5S. The van der Waals surface area contributed by atoms with Crippen molar-refractivity contribution < 1.29 is 35.9 Å². The Labute approximate surface area is 259 Å². The van der Waals surface area contributed by atoms with E-state index in [1.54, 1.807) is 6.20 Å². The number of carbonyl (C=O) groups is 2. The number of fused-ring (bicyclic) bond motifs is 6. The van der Waals surface area contributed by atoms with Gasteiger partial charge in [0.15, 0.2) is 5.03 Å². The van der Waals surface area contributed by atoms with Crippen molar-refractivity contribution in [3.8, 4) is 0 Å². The van der Waals surface area contributed by atoms with Crippen LogP contribution >= 0.6 is 0 Å². The Hall–Kier alpha value is -3.24. The summed E-state index contributed by atoms with van der Waals surface area (Å²) in [6, 6.07) is 4.26. The van der Waals surface area contributed by atoms with Crippen LogP contribution in [0.2, 0.25) is 0 Å². The molecule has 2 aromatic heterocycles. The highest BCUT2D eigenvalue weighted by Crippen LogP contribution is 2.60. The highest BCUT2D eigenvalue weighted by Gasteiger charge is 2.62. The van der Waals surface area contributed by atoms with Crippen LogP contribution in [-0.2, 0) is 26.1 Å². The summed E-state index contributed by atoms with van der Waals surface area (Å²) in [4.78, 5) is 35.0. The van der Waals surface area contributed by atoms with Crippen LogP contribution in [0.4, 0.5) is 24.8 Å². The van der Waals surface area contributed by atoms with Crippen molar-refractivity contribution >= 4 is 33.5 Å². The fourth-order valence-corrected chi connectivity index (χ4v) is 7.55. The van der Waals surface area contributed by atoms with Gasteiger partial charge in [-0.15, -0.1) is 0 Å². The average molecular weight is 654 g/mol. The second kappa shape index (κ2) is 11.5. The number of pyridine rings is 1. The molecular weight excluding hydrogens is 615 g/mol. The summed E-state index contributed by atoms with van der Waals surface area (Å²) in [7, 11) is -4.29. The molecule has 2 amide bonds. The van der Waals surface area contributed by atoms with E-state index in [1.807, 2.05) is 18.7 Å². The third-order valence-electron chi connectivity index (χ3n) is 9.40. The molecule has 2 unspecified atom stereocenters. The highest BCUT2D eigenvalue weighted by molar-refractivity contribution is 7.90. The molecule has 0 radical (unpaired) electrons. The number of hydrogen-bond donors (Lipinski definition) is 2. The van der Waals surface area contributed by atoms with Crippen molar-refractivity contribution in [1.82, 2.24) is 24.8 Å². The summed E-state index contributed by atoms with van der Waals surface area (Å²) >= 11 is 0. The fraction of sp³-hybridized carbons (Fsp3) is 0.655. The molecule has 2 atom stereocenters. The molecule has 45 heavy (non-hydrogen) atoms. The van der Waals surface area contributed by atoms with E-state index in [1.165, 1.54) is 27.8 Å². The van der Waals surface area contributed by atoms with Gasteiger partial charge in [-0.1, -0.05) is 0 Å². The number of nitrogens with zero attached hydrogens (tertiary/aromatic N) is 5. The number of alkyl halides is 3. The molecule has 16 heteroatoms. The number of sulfonamides is 1. The second-order valence-electron chi connectivity index (χ2n) is 13.1. The number of hydrogen-bond acceptors (Lipinski definition) is 9. The first-order chi connectivity index (χ1) is 21.2. The van der Waals surface area contributed by atoms with E-state index in [0.29, 0.717) is 19.6 Å². The van der Waals surface area contributed by atoms with E-state index in [4.69, 9.17) is 9.72 Å². The molecule has 12 nitrogen and oxygen atoms in total. The van der Waals surface area contributed by atoms with Crippen LogP contribution in [0.25, 0.3) is 0 Å². The minimum absolute atomic E-state index is 0.0249. The second-order valence-corrected chi connectivity index (χ2v) is 14.7. The van der Waals surface area contributed by atoms with Crippen LogP contribution < -0.4 is 19.8 Å². The maximum Gasteiger partial charge on any atom is 0.394 e. The van der Waals surface area contributed by atoms with E-state index >= 15 is 0 Å². The molecule has 1 saturated carbocycles. The Bertz CT molecular complexity index is 1570. The zero-order valence-corrected chi connectivity index (χ0v) is 26.1. The molecule has 4 aliphatic rings. The SMILES string of the molecule is CC1(C)CC2CNCCCn3ccc(n3)S(=O)(=O)NC(=O)c3ccc(N4CCC(OCCC5(C(F)(F)F)CC5)C4=O)nc3N1C2. The molecule has 2 N–H and O–H groups in total. The third-order valence-corrected chi connectivity index (χ3v) is 10.6. The van der Waals surface area contributed by atoms with Gasteiger partial charge >= 0.3 is 6.18 Å². The Balaban J connectivity index is 1.27. The van der Waals surface area contributed by atoms with Gasteiger partial charge in [0.25, 0.3) is 21.8 Å². The maximum atomic E-state index is 13.6. The van der Waals surface area contributed by atoms with Gasteiger partial charge in [-0.2, -0.15) is 26.7 Å². The standard InChI is InChI=1S/C29H38F3N7O5S/c1-27(2)16-19-17-33-11-3-12-37-13-7-23(35-37)45(42,43)36-25(40)20-4-5-22(34-24(20)39(27)18-19)38-14-6-21(26(38)41)44-15-10-28(8-9-28)29(30,31)32/h4-5,7,13,19,21,33H,3,6,8-12,14-18H2,1-2H3,(H,36,40). The van der Waals surface area contributed by atoms with Crippen molar-refractivity contribution in [2.45, 2.75) is 81.8 Å². The van der Waals surface area contributed by atoms with Gasteiger partial charge in [0.1, 0.15) is 17.7 Å². The molecule has 3 aliphatic heterocycles. The van der Waals surface area contributed by atoms with Gasteiger partial charge < -0.3 is 15.0 Å². The fourth-order valence-electron chi connectivity index (χ4n) is 6.64. The molecule has 1 aliphatic carbocycles. The lowest BCUT2D eigenvalue weighted by molar-refractivity contribution is -0.192. The molecule has 6 rings (SSSR count). The van der Waals surface area contributed by atoms with Crippen molar-refractivity contribution in [1.29, 1.82) is 0 Å². The molecule has 5 heterocycles. The van der Waals surface area contributed by atoms with Gasteiger partial charge in [0.2, 0.25) is 0 Å². The zero-order valence-electron chi connectivity index (χ0n) is 25.3. The summed E-state index contributed by atoms with van der Waals surface area (Å²) in [6.45, 7) is 6.63. The first kappa shape index (κ1) is 31.7. The maximum absolute atomic E-state index is 13.6. The van der Waals surface area contributed by atoms with E-state index in [0.717, 1.165) is 19.4 Å². The van der Waals surface area contributed by atoms with E-state index in [9.17, 15) is 31.2 Å². The number of ether oxygens (including phenoxy) is 1. The number of aryl methyl sites for hydroxylation is 1. The van der Waals surface area contributed by atoms with E-state index < -0.39 is 45.1 Å². The molecule has 0 spiro atoms. The summed E-state index contributed by atoms with van der Waals surface area (Å²) in [5, 5.41) is 7.32. The molecule has 0 aromatic carbocycles. The van der Waals surface area contributed by atoms with Crippen molar-refractivity contribution in [2.24, 2.45) is 11.3 Å². The number of amides is 2. The van der Waals surface area contributed by atoms with Gasteiger partial charge in [0, 0.05) is 44.4 Å². The summed E-state index contributed by atoms with van der Waals surface area (Å²) in [5.41, 5.74) is -2.13. The quantitative estimate of drug-likeness (QED) is 0.499. The topological polar surface area (TPSA) is 139 Å². The van der Waals surface area contributed by atoms with Crippen LogP contribution in [0.3, 0.4) is 0 Å². The van der Waals surface area contributed by atoms with E-state index in [2.05, 4.69) is 15.1 Å². The zero-order chi connectivity index (χ0) is 32.2. The van der Waals surface area contributed by atoms with Crippen LogP contribution in [-0.4, -0.2) is 85.6 Å². The predicted octanol–water partition coefficient (Wildman–Crippen LogP) is 2.85. The Morgan fingerprint density at radius 3 is 2.64 bits per heavy atom. The Kier molecular flexibility index (Phi) is 8.13. The highest BCUT2D eigenvalue weighted by atomic mass is 32.2. The minimum Gasteiger partial charge on any atom is -0.368 e. The van der Waals surface area contributed by atoms with Crippen LogP contribution in [0, 0.1) is 11.3 Å². The number of rotatable bonds is 5. The van der Waals surface area contributed by atoms with Crippen LogP contribution in [0.1, 0.15) is 62.7 Å². The normalized spacial score (nSPS) is 26.1. The number of anilines is 2. The van der Waals surface area contributed by atoms with Crippen molar-refractivity contribution in [3.05, 3.63) is 30.0 Å². The number of nitrogens with one attached hydrogen (secondary N) is 2. The molecule has 246 valence electrons. The summed E-state index contributed by atoms with van der Waals surface area (Å²) < 4.78 is 75.5. The minimum atomic E-state index is -4.29. The number of carbonyl (C=O) groups excluding carboxylic acids is 2. The van der Waals surface area contributed by atoms with Crippen LogP contribution in [0.5, 0.6) is 0 Å². The molecule has 2 aromatic rings. The lowest BCUT2D eigenvalue weighted by Crippen LogP contribution is -2.41. The summed E-state index contributed by atoms with van der Waals surface area (Å²) in [6.07, 6.45) is -1.86. The predicted molar refractivity (Wildman–Crippen MR) is 157 cm³/mol. The Morgan fingerprint density at radius 2 is 1.91 bits per heavy atom. The molecule has 3 fully saturated rings. The number of halogens is 3. The first-order valence-electron chi connectivity index (χ1n) is 15.3. The van der Waals surface area contributed by atoms with Gasteiger partial charge in [-0.05, 0) is 83.2 Å². The largest absolute Gasteiger partial charge is 0.394 e. The van der Waals surface area contributed by atoms with Crippen LogP contribution in [0.15, 0.2) is 29.4 Å². The van der Waals surface area contributed by atoms with Gasteiger partial charge in [-0.25, -0.2) is 9.71 Å². The van der Waals surface area contributed by atoms with E-state index in [-0.39, 0.29) is 67.0 Å². The average Bonchev–Trinajstić information content (AvgIpc) is 3.29. The van der Waals surface area contributed by atoms with Gasteiger partial charge in [0.05, 0.1) is 11.0 Å². The summed E-state index contributed by atoms with van der Waals surface area (Å²) in [5.74, 6) is -0.594. The lowest BCUT2D eigenvalue weighted by Gasteiger charge is -2.34. The van der Waals surface area contributed by atoms with Gasteiger partial charge in [-0.3, -0.25) is 19.2 Å². The smallest absolute Gasteiger partial charge is 0.368 e. The van der Waals surface area contributed by atoms with Crippen molar-refractivity contribution in [2.75, 3.05) is 42.6 Å². The first-order valence-corrected chi connectivity index (χ1v) is 16.8. The van der Waals surface area contributed by atoms with Crippen molar-refractivity contribution in [3.63, 3.8) is 0 Å². The number of aromatic nitrogens is 3. The molecule has 4 bridgehead atoms. The monoisotopic (exact) mass is 653 g/mol. The lowest BCUT2D eigenvalue weighted by atomic mass is 9.96. The molecule has 2 saturated heterocycles. The third kappa shape index (κ3) is 6.28. The Morgan fingerprint density at radius 1 is 1.13 bits per heavy atom.